The van der Waals surface area contributed by atoms with Crippen molar-refractivity contribution in [2.24, 2.45) is 0 Å². The van der Waals surface area contributed by atoms with Gasteiger partial charge < -0.3 is 20.1 Å². The lowest BCUT2D eigenvalue weighted by atomic mass is 10.5. The highest BCUT2D eigenvalue weighted by Gasteiger charge is 2.13. The van der Waals surface area contributed by atoms with Crippen LogP contribution in [-0.2, 0) is 22.7 Å². The van der Waals surface area contributed by atoms with Gasteiger partial charge in [0.25, 0.3) is 0 Å². The fourth-order valence-corrected chi connectivity index (χ4v) is 1.94. The summed E-state index contributed by atoms with van der Waals surface area (Å²) in [5.74, 6) is -0.910. The minimum Gasteiger partial charge on any atom is -0.481 e. The Hall–Kier alpha value is -1.61. The van der Waals surface area contributed by atoms with Gasteiger partial charge in [0.05, 0.1) is 5.75 Å². The van der Waals surface area contributed by atoms with E-state index in [1.54, 1.807) is 4.57 Å². The van der Waals surface area contributed by atoms with Crippen LogP contribution in [0.2, 0.25) is 0 Å². The number of aliphatic hydroxyl groups excluding tert-OH is 1. The zero-order valence-corrected chi connectivity index (χ0v) is 10.6. The third kappa shape index (κ3) is 4.34. The van der Waals surface area contributed by atoms with Gasteiger partial charge in [0.15, 0.2) is 11.0 Å². The van der Waals surface area contributed by atoms with E-state index in [2.05, 4.69) is 15.5 Å². The maximum Gasteiger partial charge on any atom is 0.313 e. The third-order valence-corrected chi connectivity index (χ3v) is 2.92. The highest BCUT2D eigenvalue weighted by molar-refractivity contribution is 7.99. The molecule has 0 aliphatic carbocycles. The van der Waals surface area contributed by atoms with E-state index >= 15 is 0 Å². The standard InChI is InChI=1S/C9H14N4O4S/c1-6(15)10-2-3-13-7(4-14)11-12-9(13)18-5-8(16)17/h14H,2-5H2,1H3,(H,10,15)(H,16,17). The molecule has 0 aliphatic heterocycles. The molecule has 0 saturated carbocycles. The monoisotopic (exact) mass is 274 g/mol. The quantitative estimate of drug-likeness (QED) is 0.550. The van der Waals surface area contributed by atoms with Crippen molar-refractivity contribution in [3.05, 3.63) is 5.82 Å². The number of aliphatic carboxylic acids is 1. The normalized spacial score (nSPS) is 10.3. The van der Waals surface area contributed by atoms with Gasteiger partial charge >= 0.3 is 5.97 Å². The number of nitrogens with one attached hydrogen (secondary N) is 1. The Kier molecular flexibility index (Phi) is 5.59. The molecule has 9 heteroatoms. The molecule has 0 saturated heterocycles. The van der Waals surface area contributed by atoms with E-state index in [4.69, 9.17) is 10.2 Å². The van der Waals surface area contributed by atoms with Crippen LogP contribution in [0.1, 0.15) is 12.7 Å². The van der Waals surface area contributed by atoms with Gasteiger partial charge in [0.1, 0.15) is 6.61 Å². The Labute approximate surface area is 107 Å². The average Bonchev–Trinajstić information content (AvgIpc) is 2.68. The average molecular weight is 274 g/mol. The molecule has 1 rings (SSSR count). The molecular formula is C9H14N4O4S. The number of rotatable bonds is 7. The molecule has 0 radical (unpaired) electrons. The summed E-state index contributed by atoms with van der Waals surface area (Å²) in [6.07, 6.45) is 0. The van der Waals surface area contributed by atoms with Gasteiger partial charge in [-0.15, -0.1) is 10.2 Å². The molecule has 18 heavy (non-hydrogen) atoms. The molecule has 100 valence electrons. The number of nitrogens with zero attached hydrogens (tertiary/aromatic N) is 3. The van der Waals surface area contributed by atoms with Crippen molar-refractivity contribution in [3.8, 4) is 0 Å². The lowest BCUT2D eigenvalue weighted by Crippen LogP contribution is -2.25. The molecule has 1 aromatic rings. The summed E-state index contributed by atoms with van der Waals surface area (Å²) in [7, 11) is 0. The number of carboxylic acid groups (broad SMARTS) is 1. The third-order valence-electron chi connectivity index (χ3n) is 1.97. The number of aromatic nitrogens is 3. The van der Waals surface area contributed by atoms with E-state index in [1.165, 1.54) is 6.92 Å². The van der Waals surface area contributed by atoms with Crippen LogP contribution < -0.4 is 5.32 Å². The summed E-state index contributed by atoms with van der Waals surface area (Å²) in [4.78, 5) is 21.2. The molecule has 1 heterocycles. The number of hydrogen-bond acceptors (Lipinski definition) is 6. The number of amides is 1. The fourth-order valence-electron chi connectivity index (χ4n) is 1.24. The molecule has 1 aromatic heterocycles. The van der Waals surface area contributed by atoms with Gasteiger partial charge in [-0.05, 0) is 0 Å². The second-order valence-corrected chi connectivity index (χ2v) is 4.32. The molecule has 0 aliphatic rings. The number of carbonyl (C=O) groups is 2. The van der Waals surface area contributed by atoms with Gasteiger partial charge in [-0.1, -0.05) is 11.8 Å². The van der Waals surface area contributed by atoms with E-state index in [9.17, 15) is 9.59 Å². The maximum absolute atomic E-state index is 10.7. The zero-order valence-electron chi connectivity index (χ0n) is 9.79. The molecular weight excluding hydrogens is 260 g/mol. The second-order valence-electron chi connectivity index (χ2n) is 3.37. The van der Waals surface area contributed by atoms with Crippen LogP contribution in [0.5, 0.6) is 0 Å². The zero-order chi connectivity index (χ0) is 13.5. The lowest BCUT2D eigenvalue weighted by Gasteiger charge is -2.08. The van der Waals surface area contributed by atoms with E-state index in [1.807, 2.05) is 0 Å². The Morgan fingerprint density at radius 1 is 1.44 bits per heavy atom. The van der Waals surface area contributed by atoms with Crippen molar-refractivity contribution in [1.82, 2.24) is 20.1 Å². The highest BCUT2D eigenvalue weighted by atomic mass is 32.2. The SMILES string of the molecule is CC(=O)NCCn1c(CO)nnc1SCC(=O)O. The van der Waals surface area contributed by atoms with Gasteiger partial charge in [0, 0.05) is 20.0 Å². The number of carbonyl (C=O) groups excluding carboxylic acids is 1. The summed E-state index contributed by atoms with van der Waals surface area (Å²) in [6.45, 7) is 1.85. The van der Waals surface area contributed by atoms with Crippen LogP contribution in [0.25, 0.3) is 0 Å². The van der Waals surface area contributed by atoms with E-state index < -0.39 is 5.97 Å². The van der Waals surface area contributed by atoms with Crippen molar-refractivity contribution < 1.29 is 19.8 Å². The number of aliphatic hydroxyl groups is 1. The molecule has 0 spiro atoms. The summed E-state index contributed by atoms with van der Waals surface area (Å²) in [6, 6.07) is 0. The molecule has 1 amide bonds. The van der Waals surface area contributed by atoms with Crippen LogP contribution in [0, 0.1) is 0 Å². The highest BCUT2D eigenvalue weighted by Crippen LogP contribution is 2.16. The minimum absolute atomic E-state index is 0.135. The van der Waals surface area contributed by atoms with Crippen molar-refractivity contribution >= 4 is 23.6 Å². The molecule has 0 atom stereocenters. The minimum atomic E-state index is -0.957. The summed E-state index contributed by atoms with van der Waals surface area (Å²) < 4.78 is 1.59. The number of hydrogen-bond donors (Lipinski definition) is 3. The van der Waals surface area contributed by atoms with Crippen LogP contribution in [0.3, 0.4) is 0 Å². The first kappa shape index (κ1) is 14.5. The Balaban J connectivity index is 2.68. The summed E-state index contributed by atoms with van der Waals surface area (Å²) in [5.41, 5.74) is 0. The topological polar surface area (TPSA) is 117 Å². The molecule has 0 aromatic carbocycles. The van der Waals surface area contributed by atoms with Gasteiger partial charge in [-0.3, -0.25) is 9.59 Å². The molecule has 8 nitrogen and oxygen atoms in total. The second kappa shape index (κ2) is 6.97. The number of carboxylic acids is 1. The summed E-state index contributed by atoms with van der Waals surface area (Å²) >= 11 is 1.02. The van der Waals surface area contributed by atoms with Crippen molar-refractivity contribution in [2.45, 2.75) is 25.2 Å². The number of thioether (sulfide) groups is 1. The van der Waals surface area contributed by atoms with E-state index in [0.29, 0.717) is 24.1 Å². The lowest BCUT2D eigenvalue weighted by molar-refractivity contribution is -0.133. The largest absolute Gasteiger partial charge is 0.481 e. The van der Waals surface area contributed by atoms with E-state index in [0.717, 1.165) is 11.8 Å². The molecule has 0 unspecified atom stereocenters. The van der Waals surface area contributed by atoms with Gasteiger partial charge in [-0.2, -0.15) is 0 Å². The van der Waals surface area contributed by atoms with Crippen LogP contribution in [-0.4, -0.2) is 49.2 Å². The predicted molar refractivity (Wildman–Crippen MR) is 63.0 cm³/mol. The van der Waals surface area contributed by atoms with E-state index in [-0.39, 0.29) is 18.3 Å². The van der Waals surface area contributed by atoms with Crippen LogP contribution in [0.15, 0.2) is 5.16 Å². The maximum atomic E-state index is 10.7. The molecule has 3 N–H and O–H groups in total. The molecule has 0 fully saturated rings. The molecule has 0 bridgehead atoms. The fraction of sp³-hybridized carbons (Fsp3) is 0.556. The Bertz CT molecular complexity index is 434. The van der Waals surface area contributed by atoms with Crippen molar-refractivity contribution in [2.75, 3.05) is 12.3 Å². The predicted octanol–water partition coefficient (Wildman–Crippen LogP) is -0.917. The van der Waals surface area contributed by atoms with Crippen LogP contribution >= 0.6 is 11.8 Å². The first-order chi connectivity index (χ1) is 8.54. The smallest absolute Gasteiger partial charge is 0.313 e. The first-order valence-corrected chi connectivity index (χ1v) is 6.15. The first-order valence-electron chi connectivity index (χ1n) is 5.16. The summed E-state index contributed by atoms with van der Waals surface area (Å²) in [5, 5.41) is 28.2. The van der Waals surface area contributed by atoms with Gasteiger partial charge in [-0.25, -0.2) is 0 Å². The Morgan fingerprint density at radius 3 is 2.72 bits per heavy atom. The van der Waals surface area contributed by atoms with Crippen molar-refractivity contribution in [1.29, 1.82) is 0 Å². The van der Waals surface area contributed by atoms with Gasteiger partial charge in [0.2, 0.25) is 5.91 Å². The van der Waals surface area contributed by atoms with Crippen molar-refractivity contribution in [3.63, 3.8) is 0 Å². The Morgan fingerprint density at radius 2 is 2.17 bits per heavy atom. The van der Waals surface area contributed by atoms with Crippen LogP contribution in [0.4, 0.5) is 0 Å².